The summed E-state index contributed by atoms with van der Waals surface area (Å²) in [4.78, 5) is 36.7. The van der Waals surface area contributed by atoms with Crippen LogP contribution in [0.3, 0.4) is 0 Å². The Kier molecular flexibility index (Phi) is 7.30. The zero-order valence-electron chi connectivity index (χ0n) is 19.0. The van der Waals surface area contributed by atoms with E-state index in [-0.39, 0.29) is 24.9 Å². The molecule has 0 aliphatic heterocycles. The van der Waals surface area contributed by atoms with Crippen LogP contribution in [0.15, 0.2) is 61.2 Å². The molecule has 2 atom stereocenters. The summed E-state index contributed by atoms with van der Waals surface area (Å²) in [6, 6.07) is 14.9. The van der Waals surface area contributed by atoms with Crippen LogP contribution in [-0.2, 0) is 14.3 Å². The molecule has 2 aromatic rings. The fraction of sp³-hybridized carbons (Fsp3) is 0.370. The minimum Gasteiger partial charge on any atom is -0.481 e. The van der Waals surface area contributed by atoms with Gasteiger partial charge in [0.15, 0.2) is 0 Å². The average Bonchev–Trinajstić information content (AvgIpc) is 3.63. The monoisotopic (exact) mass is 462 g/mol. The third kappa shape index (κ3) is 5.47. The number of amides is 2. The molecule has 0 bridgehead atoms. The third-order valence-corrected chi connectivity index (χ3v) is 6.52. The van der Waals surface area contributed by atoms with Crippen molar-refractivity contribution >= 4 is 18.0 Å². The SMILES string of the molecule is C=CCCC(NC(=O)OCC1c2ccccc2-c2ccccc21)C(=O)NC(CC(=O)O)C1CC1. The summed E-state index contributed by atoms with van der Waals surface area (Å²) in [6.07, 6.45) is 3.54. The number of fused-ring (bicyclic) bond motifs is 3. The van der Waals surface area contributed by atoms with Gasteiger partial charge in [0.25, 0.3) is 0 Å². The van der Waals surface area contributed by atoms with E-state index in [1.807, 2.05) is 36.4 Å². The molecule has 0 heterocycles. The van der Waals surface area contributed by atoms with Gasteiger partial charge in [0.1, 0.15) is 12.6 Å². The van der Waals surface area contributed by atoms with E-state index in [1.165, 1.54) is 0 Å². The second-order valence-electron chi connectivity index (χ2n) is 8.94. The van der Waals surface area contributed by atoms with Gasteiger partial charge in [-0.25, -0.2) is 4.79 Å². The number of carbonyl (C=O) groups excluding carboxylic acids is 2. The minimum absolute atomic E-state index is 0.0755. The third-order valence-electron chi connectivity index (χ3n) is 6.52. The average molecular weight is 463 g/mol. The van der Waals surface area contributed by atoms with Gasteiger partial charge in [0, 0.05) is 12.0 Å². The first-order valence-electron chi connectivity index (χ1n) is 11.7. The maximum absolute atomic E-state index is 12.9. The maximum atomic E-state index is 12.9. The molecule has 0 spiro atoms. The quantitative estimate of drug-likeness (QED) is 0.434. The Morgan fingerprint density at radius 3 is 2.21 bits per heavy atom. The predicted octanol–water partition coefficient (Wildman–Crippen LogP) is 4.23. The first-order chi connectivity index (χ1) is 16.5. The number of alkyl carbamates (subject to hydrolysis) is 1. The van der Waals surface area contributed by atoms with Gasteiger partial charge in [-0.15, -0.1) is 6.58 Å². The predicted molar refractivity (Wildman–Crippen MR) is 128 cm³/mol. The van der Waals surface area contributed by atoms with Crippen LogP contribution in [0.1, 0.15) is 49.1 Å². The van der Waals surface area contributed by atoms with Crippen molar-refractivity contribution in [3.8, 4) is 11.1 Å². The molecule has 2 aromatic carbocycles. The molecule has 3 N–H and O–H groups in total. The summed E-state index contributed by atoms with van der Waals surface area (Å²) in [5.74, 6) is -1.25. The number of nitrogens with one attached hydrogen (secondary N) is 2. The number of rotatable bonds is 11. The largest absolute Gasteiger partial charge is 0.481 e. The van der Waals surface area contributed by atoms with Crippen LogP contribution in [0.5, 0.6) is 0 Å². The van der Waals surface area contributed by atoms with Gasteiger partial charge in [-0.05, 0) is 53.9 Å². The number of aliphatic carboxylic acids is 1. The van der Waals surface area contributed by atoms with Gasteiger partial charge in [-0.3, -0.25) is 9.59 Å². The van der Waals surface area contributed by atoms with E-state index in [0.717, 1.165) is 35.1 Å². The van der Waals surface area contributed by atoms with Gasteiger partial charge in [0.2, 0.25) is 5.91 Å². The van der Waals surface area contributed by atoms with E-state index in [1.54, 1.807) is 6.08 Å². The molecule has 7 heteroatoms. The van der Waals surface area contributed by atoms with Gasteiger partial charge < -0.3 is 20.5 Å². The van der Waals surface area contributed by atoms with E-state index < -0.39 is 30.1 Å². The van der Waals surface area contributed by atoms with E-state index in [0.29, 0.717) is 12.8 Å². The zero-order valence-corrected chi connectivity index (χ0v) is 19.0. The highest BCUT2D eigenvalue weighted by Gasteiger charge is 2.35. The highest BCUT2D eigenvalue weighted by molar-refractivity contribution is 5.86. The molecule has 7 nitrogen and oxygen atoms in total. The Morgan fingerprint density at radius 1 is 1.03 bits per heavy atom. The molecule has 2 aliphatic carbocycles. The van der Waals surface area contributed by atoms with Crippen molar-refractivity contribution in [1.82, 2.24) is 10.6 Å². The molecule has 2 unspecified atom stereocenters. The summed E-state index contributed by atoms with van der Waals surface area (Å²) in [7, 11) is 0. The lowest BCUT2D eigenvalue weighted by Gasteiger charge is -2.23. The highest BCUT2D eigenvalue weighted by atomic mass is 16.5. The van der Waals surface area contributed by atoms with E-state index in [9.17, 15) is 14.4 Å². The maximum Gasteiger partial charge on any atom is 0.407 e. The number of hydrogen-bond donors (Lipinski definition) is 3. The minimum atomic E-state index is -0.954. The summed E-state index contributed by atoms with van der Waals surface area (Å²) >= 11 is 0. The van der Waals surface area contributed by atoms with Crippen LogP contribution in [0, 0.1) is 5.92 Å². The number of carboxylic acids is 1. The summed E-state index contributed by atoms with van der Waals surface area (Å²) < 4.78 is 5.58. The van der Waals surface area contributed by atoms with E-state index in [2.05, 4.69) is 29.3 Å². The lowest BCUT2D eigenvalue weighted by Crippen LogP contribution is -2.50. The van der Waals surface area contributed by atoms with Crippen LogP contribution in [0.4, 0.5) is 4.79 Å². The standard InChI is InChI=1S/C27H30N2O5/c1-2-3-12-23(26(32)28-24(15-25(30)31)17-13-14-17)29-27(33)34-16-22-20-10-6-4-8-18(20)19-9-5-7-11-21(19)22/h2,4-11,17,22-24H,1,3,12-16H2,(H,28,32)(H,29,33)(H,30,31). The molecule has 178 valence electrons. The summed E-state index contributed by atoms with van der Waals surface area (Å²) in [5, 5.41) is 14.7. The number of carboxylic acid groups (broad SMARTS) is 1. The number of ether oxygens (including phenoxy) is 1. The van der Waals surface area contributed by atoms with Gasteiger partial charge >= 0.3 is 12.1 Å². The lowest BCUT2D eigenvalue weighted by atomic mass is 9.98. The van der Waals surface area contributed by atoms with Crippen LogP contribution >= 0.6 is 0 Å². The van der Waals surface area contributed by atoms with Crippen molar-refractivity contribution in [3.63, 3.8) is 0 Å². The van der Waals surface area contributed by atoms with Crippen molar-refractivity contribution < 1.29 is 24.2 Å². The van der Waals surface area contributed by atoms with Crippen molar-refractivity contribution in [2.45, 2.75) is 50.1 Å². The molecule has 2 amide bonds. The smallest absolute Gasteiger partial charge is 0.407 e. The number of hydrogen-bond acceptors (Lipinski definition) is 4. The molecule has 2 aliphatic rings. The normalized spacial score (nSPS) is 16.0. The molecule has 0 aromatic heterocycles. The highest BCUT2D eigenvalue weighted by Crippen LogP contribution is 2.44. The summed E-state index contributed by atoms with van der Waals surface area (Å²) in [6.45, 7) is 3.84. The molecule has 1 fully saturated rings. The molecule has 0 radical (unpaired) electrons. The topological polar surface area (TPSA) is 105 Å². The van der Waals surface area contributed by atoms with E-state index in [4.69, 9.17) is 9.84 Å². The van der Waals surface area contributed by atoms with Gasteiger partial charge in [-0.1, -0.05) is 54.6 Å². The molecular formula is C27H30N2O5. The van der Waals surface area contributed by atoms with Crippen molar-refractivity contribution in [3.05, 3.63) is 72.3 Å². The fourth-order valence-corrected chi connectivity index (χ4v) is 4.64. The van der Waals surface area contributed by atoms with Crippen molar-refractivity contribution in [2.24, 2.45) is 5.92 Å². The Morgan fingerprint density at radius 2 is 1.65 bits per heavy atom. The Bertz CT molecular complexity index is 1030. The van der Waals surface area contributed by atoms with Crippen molar-refractivity contribution in [1.29, 1.82) is 0 Å². The van der Waals surface area contributed by atoms with Crippen LogP contribution in [-0.4, -0.2) is 41.8 Å². The zero-order chi connectivity index (χ0) is 24.1. The number of allylic oxidation sites excluding steroid dienone is 1. The Hall–Kier alpha value is -3.61. The summed E-state index contributed by atoms with van der Waals surface area (Å²) in [5.41, 5.74) is 4.50. The van der Waals surface area contributed by atoms with Crippen LogP contribution < -0.4 is 10.6 Å². The van der Waals surface area contributed by atoms with Crippen LogP contribution in [0.25, 0.3) is 11.1 Å². The number of benzene rings is 2. The molecule has 34 heavy (non-hydrogen) atoms. The Balaban J connectivity index is 1.39. The number of carbonyl (C=O) groups is 3. The Labute approximate surface area is 199 Å². The van der Waals surface area contributed by atoms with Crippen molar-refractivity contribution in [2.75, 3.05) is 6.61 Å². The van der Waals surface area contributed by atoms with E-state index >= 15 is 0 Å². The van der Waals surface area contributed by atoms with Crippen LogP contribution in [0.2, 0.25) is 0 Å². The van der Waals surface area contributed by atoms with Gasteiger partial charge in [0.05, 0.1) is 6.42 Å². The first kappa shape index (κ1) is 23.5. The molecule has 0 saturated heterocycles. The molecular weight excluding hydrogens is 432 g/mol. The fourth-order valence-electron chi connectivity index (χ4n) is 4.64. The second kappa shape index (κ2) is 10.5. The molecule has 1 saturated carbocycles. The first-order valence-corrected chi connectivity index (χ1v) is 11.7. The van der Waals surface area contributed by atoms with Gasteiger partial charge in [-0.2, -0.15) is 0 Å². The lowest BCUT2D eigenvalue weighted by molar-refractivity contribution is -0.138. The molecule has 4 rings (SSSR count). The second-order valence-corrected chi connectivity index (χ2v) is 8.94.